The number of urea groups is 1. The molecule has 19 heavy (non-hydrogen) atoms. The quantitative estimate of drug-likeness (QED) is 0.686. The molecule has 104 valence electrons. The minimum atomic E-state index is -1.05. The van der Waals surface area contributed by atoms with Gasteiger partial charge in [0.15, 0.2) is 0 Å². The van der Waals surface area contributed by atoms with Crippen LogP contribution in [0.5, 0.6) is 0 Å². The normalized spacial score (nSPS) is 11.6. The van der Waals surface area contributed by atoms with Crippen molar-refractivity contribution in [3.63, 3.8) is 0 Å². The van der Waals surface area contributed by atoms with Crippen LogP contribution in [0.1, 0.15) is 16.8 Å². The minimum Gasteiger partial charge on any atom is -0.478 e. The zero-order valence-electron chi connectivity index (χ0n) is 10.5. The minimum absolute atomic E-state index is 0.110. The molecule has 0 aliphatic carbocycles. The lowest BCUT2D eigenvalue weighted by Gasteiger charge is -2.07. The highest BCUT2D eigenvalue weighted by atomic mass is 32.2. The van der Waals surface area contributed by atoms with Gasteiger partial charge >= 0.3 is 12.0 Å². The van der Waals surface area contributed by atoms with E-state index in [9.17, 15) is 13.8 Å². The van der Waals surface area contributed by atoms with E-state index in [1.165, 1.54) is 12.1 Å². The van der Waals surface area contributed by atoms with Crippen molar-refractivity contribution in [1.82, 2.24) is 5.32 Å². The molecule has 0 bridgehead atoms. The third-order valence-corrected chi connectivity index (χ3v) is 3.13. The summed E-state index contributed by atoms with van der Waals surface area (Å²) in [6, 6.07) is 5.57. The number of benzene rings is 1. The molecule has 3 N–H and O–H groups in total. The summed E-state index contributed by atoms with van der Waals surface area (Å²) < 4.78 is 10.8. The molecule has 1 atom stereocenters. The van der Waals surface area contributed by atoms with Crippen molar-refractivity contribution < 1.29 is 18.9 Å². The molecule has 7 heteroatoms. The topological polar surface area (TPSA) is 95.5 Å². The van der Waals surface area contributed by atoms with Gasteiger partial charge in [-0.25, -0.2) is 9.59 Å². The van der Waals surface area contributed by atoms with Gasteiger partial charge in [0.2, 0.25) is 0 Å². The average Bonchev–Trinajstić information content (AvgIpc) is 2.34. The molecule has 0 fully saturated rings. The van der Waals surface area contributed by atoms with Crippen LogP contribution in [0.3, 0.4) is 0 Å². The fourth-order valence-electron chi connectivity index (χ4n) is 1.38. The number of carboxylic acids is 1. The molecule has 1 rings (SSSR count). The van der Waals surface area contributed by atoms with Crippen molar-refractivity contribution in [2.45, 2.75) is 6.42 Å². The number of hydrogen-bond donors (Lipinski definition) is 3. The second-order valence-corrected chi connectivity index (χ2v) is 5.45. The predicted octanol–water partition coefficient (Wildman–Crippen LogP) is 1.27. The molecule has 2 amide bonds. The van der Waals surface area contributed by atoms with E-state index in [1.807, 2.05) is 0 Å². The highest BCUT2D eigenvalue weighted by Gasteiger charge is 2.05. The van der Waals surface area contributed by atoms with Crippen LogP contribution in [0.15, 0.2) is 24.3 Å². The van der Waals surface area contributed by atoms with Gasteiger partial charge in [0.05, 0.1) is 5.56 Å². The highest BCUT2D eigenvalue weighted by Crippen LogP contribution is 2.10. The summed E-state index contributed by atoms with van der Waals surface area (Å²) in [5, 5.41) is 14.0. The number of rotatable bonds is 6. The largest absolute Gasteiger partial charge is 0.478 e. The molecule has 0 radical (unpaired) electrons. The lowest BCUT2D eigenvalue weighted by molar-refractivity contribution is 0.0697. The summed E-state index contributed by atoms with van der Waals surface area (Å²) in [5.41, 5.74) is 0.524. The Hall–Kier alpha value is -1.89. The van der Waals surface area contributed by atoms with Crippen LogP contribution < -0.4 is 10.6 Å². The molecule has 1 aromatic rings. The third kappa shape index (κ3) is 6.01. The van der Waals surface area contributed by atoms with Crippen molar-refractivity contribution in [3.05, 3.63) is 29.8 Å². The van der Waals surface area contributed by atoms with Gasteiger partial charge in [0.25, 0.3) is 0 Å². The molecular formula is C12H16N2O4S. The van der Waals surface area contributed by atoms with Crippen molar-refractivity contribution in [2.24, 2.45) is 0 Å². The summed E-state index contributed by atoms with van der Waals surface area (Å²) in [4.78, 5) is 22.2. The van der Waals surface area contributed by atoms with Gasteiger partial charge in [-0.15, -0.1) is 0 Å². The van der Waals surface area contributed by atoms with Crippen molar-refractivity contribution in [2.75, 3.05) is 23.9 Å². The van der Waals surface area contributed by atoms with Gasteiger partial charge in [-0.2, -0.15) is 0 Å². The molecule has 0 aliphatic rings. The Balaban J connectivity index is 2.42. The number of nitrogens with one attached hydrogen (secondary N) is 2. The molecule has 6 nitrogen and oxygen atoms in total. The first kappa shape index (κ1) is 15.2. The van der Waals surface area contributed by atoms with Crippen LogP contribution in [0.4, 0.5) is 10.5 Å². The Morgan fingerprint density at radius 2 is 2.11 bits per heavy atom. The molecule has 0 spiro atoms. The van der Waals surface area contributed by atoms with Gasteiger partial charge in [0, 0.05) is 35.0 Å². The third-order valence-electron chi connectivity index (χ3n) is 2.26. The van der Waals surface area contributed by atoms with Crippen molar-refractivity contribution >= 4 is 28.5 Å². The smallest absolute Gasteiger partial charge is 0.335 e. The summed E-state index contributed by atoms with van der Waals surface area (Å²) in [6.45, 7) is 0.421. The van der Waals surface area contributed by atoms with Gasteiger partial charge in [0.1, 0.15) is 0 Å². The van der Waals surface area contributed by atoms with Crippen LogP contribution in [0, 0.1) is 0 Å². The molecule has 0 heterocycles. The maximum Gasteiger partial charge on any atom is 0.335 e. The summed E-state index contributed by atoms with van der Waals surface area (Å²) in [5.74, 6) is -0.510. The number of aromatic carboxylic acids is 1. The monoisotopic (exact) mass is 284 g/mol. The molecule has 0 aliphatic heterocycles. The first-order chi connectivity index (χ1) is 8.99. The Kier molecular flexibility index (Phi) is 6.01. The number of hydrogen-bond acceptors (Lipinski definition) is 3. The lowest BCUT2D eigenvalue weighted by Crippen LogP contribution is -2.30. The van der Waals surface area contributed by atoms with E-state index in [1.54, 1.807) is 18.4 Å². The van der Waals surface area contributed by atoms with Gasteiger partial charge in [-0.3, -0.25) is 4.21 Å². The van der Waals surface area contributed by atoms with Crippen LogP contribution in [-0.2, 0) is 10.8 Å². The average molecular weight is 284 g/mol. The fraction of sp³-hybridized carbons (Fsp3) is 0.333. The number of anilines is 1. The first-order valence-corrected chi connectivity index (χ1v) is 7.40. The SMILES string of the molecule is CS(=O)CCCNC(=O)Nc1cccc(C(=O)O)c1. The van der Waals surface area contributed by atoms with E-state index in [2.05, 4.69) is 10.6 Å². The molecule has 1 aromatic carbocycles. The van der Waals surface area contributed by atoms with E-state index in [-0.39, 0.29) is 5.56 Å². The standard InChI is InChI=1S/C12H16N2O4S/c1-19(18)7-3-6-13-12(17)14-10-5-2-4-9(8-10)11(15)16/h2,4-5,8H,3,6-7H2,1H3,(H,15,16)(H2,13,14,17). The number of amides is 2. The number of carbonyl (C=O) groups excluding carboxylic acids is 1. The van der Waals surface area contributed by atoms with Crippen molar-refractivity contribution in [3.8, 4) is 0 Å². The Labute approximate surface area is 113 Å². The zero-order valence-corrected chi connectivity index (χ0v) is 11.3. The molecule has 0 saturated heterocycles. The van der Waals surface area contributed by atoms with Gasteiger partial charge in [-0.05, 0) is 24.6 Å². The Morgan fingerprint density at radius 3 is 2.74 bits per heavy atom. The Bertz CT molecular complexity index is 490. The molecule has 1 unspecified atom stereocenters. The first-order valence-electron chi connectivity index (χ1n) is 5.67. The molecule has 0 saturated carbocycles. The van der Waals surface area contributed by atoms with E-state index < -0.39 is 22.8 Å². The maximum absolute atomic E-state index is 11.5. The molecule has 0 aromatic heterocycles. The Morgan fingerprint density at radius 1 is 1.37 bits per heavy atom. The van der Waals surface area contributed by atoms with Crippen molar-refractivity contribution in [1.29, 1.82) is 0 Å². The van der Waals surface area contributed by atoms with E-state index >= 15 is 0 Å². The van der Waals surface area contributed by atoms with E-state index in [4.69, 9.17) is 5.11 Å². The van der Waals surface area contributed by atoms with E-state index in [0.29, 0.717) is 24.4 Å². The lowest BCUT2D eigenvalue weighted by atomic mass is 10.2. The number of carbonyl (C=O) groups is 2. The van der Waals surface area contributed by atoms with Crippen LogP contribution >= 0.6 is 0 Å². The van der Waals surface area contributed by atoms with Gasteiger partial charge < -0.3 is 15.7 Å². The van der Waals surface area contributed by atoms with Crippen LogP contribution in [-0.4, -0.2) is 39.9 Å². The molecular weight excluding hydrogens is 268 g/mol. The summed E-state index contributed by atoms with van der Waals surface area (Å²) in [7, 11) is -0.864. The van der Waals surface area contributed by atoms with Crippen LogP contribution in [0.2, 0.25) is 0 Å². The maximum atomic E-state index is 11.5. The number of carboxylic acid groups (broad SMARTS) is 1. The van der Waals surface area contributed by atoms with Crippen LogP contribution in [0.25, 0.3) is 0 Å². The van der Waals surface area contributed by atoms with Gasteiger partial charge in [-0.1, -0.05) is 6.07 Å². The highest BCUT2D eigenvalue weighted by molar-refractivity contribution is 7.84. The second-order valence-electron chi connectivity index (χ2n) is 3.90. The fourth-order valence-corrected chi connectivity index (χ4v) is 1.93. The summed E-state index contributed by atoms with van der Waals surface area (Å²) >= 11 is 0. The second kappa shape index (κ2) is 7.52. The predicted molar refractivity (Wildman–Crippen MR) is 74.0 cm³/mol. The zero-order chi connectivity index (χ0) is 14.3. The summed E-state index contributed by atoms with van der Waals surface area (Å²) in [6.07, 6.45) is 2.24. The van der Waals surface area contributed by atoms with E-state index in [0.717, 1.165) is 0 Å².